The van der Waals surface area contributed by atoms with Gasteiger partial charge < -0.3 is 9.64 Å². The van der Waals surface area contributed by atoms with E-state index in [4.69, 9.17) is 9.57 Å². The van der Waals surface area contributed by atoms with Crippen LogP contribution in [-0.4, -0.2) is 54.3 Å². The predicted octanol–water partition coefficient (Wildman–Crippen LogP) is 0.546. The number of urea groups is 1. The minimum absolute atomic E-state index is 0.0309. The van der Waals surface area contributed by atoms with E-state index >= 15 is 0 Å². The Bertz CT molecular complexity index is 344. The fourth-order valence-corrected chi connectivity index (χ4v) is 2.31. The van der Waals surface area contributed by atoms with Crippen molar-refractivity contribution < 1.29 is 19.2 Å². The highest BCUT2D eigenvalue weighted by Gasteiger charge is 2.48. The molecule has 0 spiro atoms. The van der Waals surface area contributed by atoms with Crippen LogP contribution in [0.4, 0.5) is 4.79 Å². The van der Waals surface area contributed by atoms with Crippen LogP contribution in [0.2, 0.25) is 0 Å². The van der Waals surface area contributed by atoms with Gasteiger partial charge in [-0.25, -0.2) is 9.59 Å². The maximum absolute atomic E-state index is 12.0. The Hall–Kier alpha value is -1.56. The van der Waals surface area contributed by atoms with Crippen molar-refractivity contribution in [1.82, 2.24) is 9.96 Å². The molecule has 2 atom stereocenters. The van der Waals surface area contributed by atoms with Crippen molar-refractivity contribution in [3.63, 3.8) is 0 Å². The second kappa shape index (κ2) is 4.75. The quantitative estimate of drug-likeness (QED) is 0.531. The summed E-state index contributed by atoms with van der Waals surface area (Å²) in [7, 11) is 1.33. The molecular formula is C11H16N2O4. The molecule has 2 aliphatic rings. The summed E-state index contributed by atoms with van der Waals surface area (Å²) >= 11 is 0. The van der Waals surface area contributed by atoms with Gasteiger partial charge in [0.05, 0.1) is 19.8 Å². The topological polar surface area (TPSA) is 59.1 Å². The molecule has 2 bridgehead atoms. The van der Waals surface area contributed by atoms with Gasteiger partial charge in [0.1, 0.15) is 6.04 Å². The van der Waals surface area contributed by atoms with Gasteiger partial charge in [-0.3, -0.25) is 4.84 Å². The number of carbonyl (C=O) groups is 2. The third-order valence-corrected chi connectivity index (χ3v) is 3.13. The lowest BCUT2D eigenvalue weighted by molar-refractivity contribution is -0.146. The van der Waals surface area contributed by atoms with Crippen LogP contribution < -0.4 is 0 Å². The fourth-order valence-electron chi connectivity index (χ4n) is 2.31. The third-order valence-electron chi connectivity index (χ3n) is 3.13. The molecule has 2 aliphatic heterocycles. The summed E-state index contributed by atoms with van der Waals surface area (Å²) in [5, 5.41) is 1.35. The van der Waals surface area contributed by atoms with Gasteiger partial charge in [0.2, 0.25) is 0 Å². The number of hydrogen-bond donors (Lipinski definition) is 0. The number of esters is 1. The lowest BCUT2D eigenvalue weighted by atomic mass is 10.0. The number of ether oxygens (including phenoxy) is 1. The summed E-state index contributed by atoms with van der Waals surface area (Å²) in [6.45, 7) is 4.35. The second-order valence-corrected chi connectivity index (χ2v) is 4.12. The van der Waals surface area contributed by atoms with Gasteiger partial charge in [0.15, 0.2) is 0 Å². The summed E-state index contributed by atoms with van der Waals surface area (Å²) < 4.78 is 4.70. The van der Waals surface area contributed by atoms with Crippen molar-refractivity contribution in [2.45, 2.75) is 24.9 Å². The molecule has 6 heteroatoms. The van der Waals surface area contributed by atoms with E-state index in [2.05, 4.69) is 6.58 Å². The van der Waals surface area contributed by atoms with Gasteiger partial charge in [-0.05, 0) is 12.8 Å². The fraction of sp³-hybridized carbons (Fsp3) is 0.636. The first-order chi connectivity index (χ1) is 8.19. The van der Waals surface area contributed by atoms with E-state index in [1.165, 1.54) is 17.1 Å². The minimum Gasteiger partial charge on any atom is -0.467 e. The van der Waals surface area contributed by atoms with E-state index in [1.807, 2.05) is 0 Å². The molecule has 0 aliphatic carbocycles. The van der Waals surface area contributed by atoms with E-state index in [0.29, 0.717) is 19.6 Å². The standard InChI is InChI=1S/C11H16N2O4/c1-3-6-17-13-8-4-5-9(10(14)16-2)12(7-8)11(13)15/h3,8-9H,1,4-7H2,2H3/t8?,9-/m0/s1. The maximum Gasteiger partial charge on any atom is 0.345 e. The number of methoxy groups -OCH3 is 1. The molecule has 17 heavy (non-hydrogen) atoms. The van der Waals surface area contributed by atoms with Crippen LogP contribution in [0.25, 0.3) is 0 Å². The number of carbonyl (C=O) groups excluding carboxylic acids is 2. The molecule has 0 N–H and O–H groups in total. The Balaban J connectivity index is 2.08. The van der Waals surface area contributed by atoms with Crippen LogP contribution in [0.3, 0.4) is 0 Å². The zero-order chi connectivity index (χ0) is 12.4. The normalized spacial score (nSPS) is 27.2. The average molecular weight is 240 g/mol. The van der Waals surface area contributed by atoms with Crippen LogP contribution in [0.1, 0.15) is 12.8 Å². The lowest BCUT2D eigenvalue weighted by Gasteiger charge is -2.27. The van der Waals surface area contributed by atoms with Crippen molar-refractivity contribution in [1.29, 1.82) is 0 Å². The SMILES string of the molecule is C=CCON1C(=O)N2CC1CC[C@H]2C(=O)OC. The van der Waals surface area contributed by atoms with Crippen LogP contribution in [0.15, 0.2) is 12.7 Å². The average Bonchev–Trinajstić information content (AvgIpc) is 2.59. The number of hydrogen-bond acceptors (Lipinski definition) is 4. The largest absolute Gasteiger partial charge is 0.467 e. The molecule has 2 heterocycles. The summed E-state index contributed by atoms with van der Waals surface area (Å²) in [5.41, 5.74) is 0. The van der Waals surface area contributed by atoms with Crippen molar-refractivity contribution >= 4 is 12.0 Å². The Morgan fingerprint density at radius 2 is 2.35 bits per heavy atom. The Morgan fingerprint density at radius 3 is 3.00 bits per heavy atom. The minimum atomic E-state index is -0.471. The number of rotatable bonds is 4. The highest BCUT2D eigenvalue weighted by molar-refractivity contribution is 5.85. The number of hydroxylamine groups is 2. The molecule has 6 nitrogen and oxygen atoms in total. The van der Waals surface area contributed by atoms with E-state index < -0.39 is 6.04 Å². The van der Waals surface area contributed by atoms with E-state index in [-0.39, 0.29) is 18.0 Å². The van der Waals surface area contributed by atoms with Gasteiger partial charge >= 0.3 is 12.0 Å². The molecule has 0 radical (unpaired) electrons. The zero-order valence-corrected chi connectivity index (χ0v) is 9.80. The monoisotopic (exact) mass is 240 g/mol. The molecule has 0 saturated carbocycles. The van der Waals surface area contributed by atoms with Gasteiger partial charge in [0.25, 0.3) is 0 Å². The molecule has 94 valence electrons. The molecule has 2 saturated heterocycles. The molecule has 1 unspecified atom stereocenters. The highest BCUT2D eigenvalue weighted by Crippen LogP contribution is 2.30. The van der Waals surface area contributed by atoms with E-state index in [9.17, 15) is 9.59 Å². The van der Waals surface area contributed by atoms with Crippen LogP contribution in [-0.2, 0) is 14.4 Å². The van der Waals surface area contributed by atoms with Crippen molar-refractivity contribution in [3.05, 3.63) is 12.7 Å². The van der Waals surface area contributed by atoms with Gasteiger partial charge in [0, 0.05) is 6.54 Å². The molecule has 2 fully saturated rings. The zero-order valence-electron chi connectivity index (χ0n) is 9.80. The summed E-state index contributed by atoms with van der Waals surface area (Å²) in [6.07, 6.45) is 2.96. The highest BCUT2D eigenvalue weighted by atomic mass is 16.7. The van der Waals surface area contributed by atoms with Gasteiger partial charge in [-0.2, -0.15) is 5.06 Å². The summed E-state index contributed by atoms with van der Waals surface area (Å²) in [6, 6.07) is -0.700. The van der Waals surface area contributed by atoms with Crippen LogP contribution in [0, 0.1) is 0 Å². The number of amides is 2. The lowest BCUT2D eigenvalue weighted by Crippen LogP contribution is -2.45. The third kappa shape index (κ3) is 2.00. The first-order valence-electron chi connectivity index (χ1n) is 5.60. The number of nitrogens with zero attached hydrogens (tertiary/aromatic N) is 2. The predicted molar refractivity (Wildman–Crippen MR) is 58.9 cm³/mol. The Morgan fingerprint density at radius 1 is 1.59 bits per heavy atom. The Labute approximate surface area is 99.7 Å². The smallest absolute Gasteiger partial charge is 0.345 e. The Kier molecular flexibility index (Phi) is 3.33. The molecule has 0 aromatic heterocycles. The maximum atomic E-state index is 12.0. The van der Waals surface area contributed by atoms with Crippen LogP contribution >= 0.6 is 0 Å². The van der Waals surface area contributed by atoms with Crippen molar-refractivity contribution in [2.75, 3.05) is 20.3 Å². The van der Waals surface area contributed by atoms with Crippen molar-refractivity contribution in [2.24, 2.45) is 0 Å². The van der Waals surface area contributed by atoms with Crippen molar-refractivity contribution in [3.8, 4) is 0 Å². The number of fused-ring (bicyclic) bond motifs is 2. The van der Waals surface area contributed by atoms with Gasteiger partial charge in [-0.15, -0.1) is 6.58 Å². The first kappa shape index (κ1) is 11.9. The molecule has 2 rings (SSSR count). The van der Waals surface area contributed by atoms with Crippen LogP contribution in [0.5, 0.6) is 0 Å². The van der Waals surface area contributed by atoms with Gasteiger partial charge in [-0.1, -0.05) is 6.08 Å². The molecule has 0 aromatic rings. The molecular weight excluding hydrogens is 224 g/mol. The van der Waals surface area contributed by atoms with E-state index in [0.717, 1.165) is 6.42 Å². The number of piperidine rings is 1. The first-order valence-corrected chi connectivity index (χ1v) is 5.60. The summed E-state index contributed by atoms with van der Waals surface area (Å²) in [4.78, 5) is 30.4. The second-order valence-electron chi connectivity index (χ2n) is 4.12. The summed E-state index contributed by atoms with van der Waals surface area (Å²) in [5.74, 6) is -0.359. The molecule has 2 amide bonds. The van der Waals surface area contributed by atoms with E-state index in [1.54, 1.807) is 6.08 Å². The molecule has 0 aromatic carbocycles.